The van der Waals surface area contributed by atoms with Gasteiger partial charge in [-0.2, -0.15) is 0 Å². The molecule has 0 rings (SSSR count). The number of carbonyl (C=O) groups is 3. The van der Waals surface area contributed by atoms with Crippen LogP contribution in [0.25, 0.3) is 0 Å². The van der Waals surface area contributed by atoms with Crippen LogP contribution in [0.4, 0.5) is 0 Å². The average molecular weight is 356 g/mol. The topological polar surface area (TPSA) is 89.9 Å². The molecule has 0 atom stereocenters. The minimum absolute atomic E-state index is 0. The fourth-order valence-corrected chi connectivity index (χ4v) is 1.72. The van der Waals surface area contributed by atoms with Crippen molar-refractivity contribution in [1.29, 1.82) is 0 Å². The number of aliphatic carboxylic acids is 1. The summed E-state index contributed by atoms with van der Waals surface area (Å²) in [6, 6.07) is 0. The summed E-state index contributed by atoms with van der Waals surface area (Å²) in [7, 11) is 0. The van der Waals surface area contributed by atoms with Gasteiger partial charge >= 0.3 is 55.6 Å². The van der Waals surface area contributed by atoms with Crippen LogP contribution in [0.1, 0.15) is 58.3 Å². The first-order valence-electron chi connectivity index (χ1n) is 7.73. The van der Waals surface area contributed by atoms with E-state index in [2.05, 4.69) is 0 Å². The zero-order chi connectivity index (χ0) is 16.6. The Morgan fingerprint density at radius 2 is 1.43 bits per heavy atom. The monoisotopic (exact) mass is 356 g/mol. The Hall–Kier alpha value is -0.590. The number of carboxylic acids is 1. The summed E-state index contributed by atoms with van der Waals surface area (Å²) in [5.41, 5.74) is 0. The van der Waals surface area contributed by atoms with Gasteiger partial charge in [0, 0.05) is 18.9 Å². The van der Waals surface area contributed by atoms with Crippen LogP contribution < -0.4 is 0 Å². The van der Waals surface area contributed by atoms with Crippen LogP contribution in [-0.4, -0.2) is 74.0 Å². The summed E-state index contributed by atoms with van der Waals surface area (Å²) in [6.45, 7) is 2.40. The van der Waals surface area contributed by atoms with Crippen molar-refractivity contribution in [3.63, 3.8) is 0 Å². The van der Waals surface area contributed by atoms with Crippen molar-refractivity contribution in [3.8, 4) is 0 Å². The maximum absolute atomic E-state index is 11.4. The fourth-order valence-electron chi connectivity index (χ4n) is 1.72. The van der Waals surface area contributed by atoms with E-state index in [4.69, 9.17) is 14.6 Å². The van der Waals surface area contributed by atoms with Gasteiger partial charge in [0.05, 0.1) is 13.2 Å². The van der Waals surface area contributed by atoms with Crippen LogP contribution in [0.5, 0.6) is 0 Å². The average Bonchev–Trinajstić information content (AvgIpc) is 2.46. The molecule has 23 heavy (non-hydrogen) atoms. The number of carboxylic acid groups (broad SMARTS) is 1. The van der Waals surface area contributed by atoms with Gasteiger partial charge in [-0.3, -0.25) is 9.59 Å². The predicted molar refractivity (Wildman–Crippen MR) is 89.8 cm³/mol. The van der Waals surface area contributed by atoms with E-state index < -0.39 is 5.97 Å². The number of ether oxygens (including phenoxy) is 2. The van der Waals surface area contributed by atoms with Crippen molar-refractivity contribution in [3.05, 3.63) is 12.2 Å². The number of rotatable bonds is 13. The number of hydrogen-bond acceptors (Lipinski definition) is 5. The SMILES string of the molecule is CC=CC(=O)OCCCCOC(=O)CCCCCCC(=O)O.[CaH2]. The van der Waals surface area contributed by atoms with Crippen LogP contribution >= 0.6 is 0 Å². The molecule has 0 unspecified atom stereocenters. The Morgan fingerprint density at radius 3 is 2.00 bits per heavy atom. The van der Waals surface area contributed by atoms with E-state index in [9.17, 15) is 14.4 Å². The van der Waals surface area contributed by atoms with Gasteiger partial charge in [0.2, 0.25) is 0 Å². The van der Waals surface area contributed by atoms with Crippen molar-refractivity contribution >= 4 is 55.6 Å². The molecule has 0 spiro atoms. The molecule has 0 amide bonds. The normalized spacial score (nSPS) is 10.1. The first-order chi connectivity index (χ1) is 10.6. The quantitative estimate of drug-likeness (QED) is 0.235. The second-order valence-corrected chi connectivity index (χ2v) is 4.90. The zero-order valence-corrected chi connectivity index (χ0v) is 13.2. The van der Waals surface area contributed by atoms with E-state index in [1.165, 1.54) is 6.08 Å². The van der Waals surface area contributed by atoms with Gasteiger partial charge in [-0.1, -0.05) is 18.9 Å². The van der Waals surface area contributed by atoms with Gasteiger partial charge in [0.1, 0.15) is 0 Å². The van der Waals surface area contributed by atoms with E-state index in [1.807, 2.05) is 0 Å². The zero-order valence-electron chi connectivity index (χ0n) is 13.2. The Labute approximate surface area is 167 Å². The van der Waals surface area contributed by atoms with Gasteiger partial charge in [0.15, 0.2) is 0 Å². The van der Waals surface area contributed by atoms with Crippen molar-refractivity contribution in [1.82, 2.24) is 0 Å². The molecule has 0 radical (unpaired) electrons. The third kappa shape index (κ3) is 19.4. The summed E-state index contributed by atoms with van der Waals surface area (Å²) in [4.78, 5) is 32.7. The number of esters is 2. The molecule has 0 fully saturated rings. The van der Waals surface area contributed by atoms with Crippen LogP contribution in [0.15, 0.2) is 12.2 Å². The minimum atomic E-state index is -0.782. The summed E-state index contributed by atoms with van der Waals surface area (Å²) in [5.74, 6) is -1.37. The van der Waals surface area contributed by atoms with Crippen molar-refractivity contribution in [2.45, 2.75) is 58.3 Å². The van der Waals surface area contributed by atoms with E-state index >= 15 is 0 Å². The Bertz CT molecular complexity index is 368. The second-order valence-electron chi connectivity index (χ2n) is 4.90. The van der Waals surface area contributed by atoms with Crippen molar-refractivity contribution in [2.75, 3.05) is 13.2 Å². The predicted octanol–water partition coefficient (Wildman–Crippen LogP) is 1.94. The van der Waals surface area contributed by atoms with E-state index in [1.54, 1.807) is 13.0 Å². The molecule has 6 nitrogen and oxygen atoms in total. The summed E-state index contributed by atoms with van der Waals surface area (Å²) >= 11 is 0. The van der Waals surface area contributed by atoms with E-state index in [0.29, 0.717) is 38.9 Å². The van der Waals surface area contributed by atoms with Crippen LogP contribution in [0, 0.1) is 0 Å². The van der Waals surface area contributed by atoms with Gasteiger partial charge in [-0.15, -0.1) is 0 Å². The standard InChI is InChI=1S/C16H26O6.Ca.2H/c1-2-9-15(19)21-12-7-8-13-22-16(20)11-6-4-3-5-10-14(17)18;;;/h2,9H,3-8,10-13H2,1H3,(H,17,18);;;. The Kier molecular flexibility index (Phi) is 19.0. The molecule has 0 saturated carbocycles. The molecule has 0 aromatic rings. The summed E-state index contributed by atoms with van der Waals surface area (Å²) in [5, 5.41) is 8.47. The molecule has 1 N–H and O–H groups in total. The van der Waals surface area contributed by atoms with Crippen LogP contribution in [-0.2, 0) is 23.9 Å². The van der Waals surface area contributed by atoms with Crippen molar-refractivity contribution in [2.24, 2.45) is 0 Å². The van der Waals surface area contributed by atoms with Crippen LogP contribution in [0.2, 0.25) is 0 Å². The molecule has 0 bridgehead atoms. The summed E-state index contributed by atoms with van der Waals surface area (Å²) < 4.78 is 9.95. The van der Waals surface area contributed by atoms with Gasteiger partial charge in [-0.05, 0) is 32.6 Å². The number of unbranched alkanes of at least 4 members (excludes halogenated alkanes) is 4. The third-order valence-corrected chi connectivity index (χ3v) is 2.87. The van der Waals surface area contributed by atoms with Crippen molar-refractivity contribution < 1.29 is 29.0 Å². The molecule has 7 heteroatoms. The van der Waals surface area contributed by atoms with Gasteiger partial charge < -0.3 is 14.6 Å². The molecular formula is C16H28CaO6. The molecule has 0 aromatic carbocycles. The molecule has 0 aliphatic rings. The first kappa shape index (κ1) is 24.7. The number of carbonyl (C=O) groups excluding carboxylic acids is 2. The van der Waals surface area contributed by atoms with E-state index in [-0.39, 0.29) is 56.1 Å². The molecule has 0 aromatic heterocycles. The molecule has 0 aliphatic heterocycles. The molecule has 0 saturated heterocycles. The summed E-state index contributed by atoms with van der Waals surface area (Å²) in [6.07, 6.45) is 7.87. The van der Waals surface area contributed by atoms with Gasteiger partial charge in [0.25, 0.3) is 0 Å². The number of hydrogen-bond donors (Lipinski definition) is 1. The number of allylic oxidation sites excluding steroid dienone is 1. The second kappa shape index (κ2) is 17.8. The molecule has 130 valence electrons. The molecule has 0 aliphatic carbocycles. The van der Waals surface area contributed by atoms with Crippen LogP contribution in [0.3, 0.4) is 0 Å². The molecular weight excluding hydrogens is 328 g/mol. The van der Waals surface area contributed by atoms with Gasteiger partial charge in [-0.25, -0.2) is 4.79 Å². The Morgan fingerprint density at radius 1 is 0.870 bits per heavy atom. The first-order valence-corrected chi connectivity index (χ1v) is 7.73. The fraction of sp³-hybridized carbons (Fsp3) is 0.688. The third-order valence-electron chi connectivity index (χ3n) is 2.87. The maximum atomic E-state index is 11.4. The van der Waals surface area contributed by atoms with E-state index in [0.717, 1.165) is 19.3 Å². The Balaban J connectivity index is 0. The molecule has 0 heterocycles.